The molecule has 0 atom stereocenters. The van der Waals surface area contributed by atoms with E-state index in [9.17, 15) is 18.0 Å². The molecule has 0 bridgehead atoms. The maximum atomic E-state index is 13.7. The van der Waals surface area contributed by atoms with Crippen LogP contribution in [0.2, 0.25) is 0 Å². The van der Waals surface area contributed by atoms with E-state index in [-0.39, 0.29) is 28.5 Å². The van der Waals surface area contributed by atoms with Gasteiger partial charge in [-0.1, -0.05) is 43.0 Å². The minimum Gasteiger partial charge on any atom is -0.465 e. The second kappa shape index (κ2) is 8.79. The van der Waals surface area contributed by atoms with Gasteiger partial charge in [0, 0.05) is 11.5 Å². The number of fused-ring (bicyclic) bond motifs is 1. The molecule has 8 nitrogen and oxygen atoms in total. The lowest BCUT2D eigenvalue weighted by atomic mass is 10.0. The Kier molecular flexibility index (Phi) is 5.89. The summed E-state index contributed by atoms with van der Waals surface area (Å²) in [5, 5.41) is 3.11. The van der Waals surface area contributed by atoms with Crippen LogP contribution in [-0.4, -0.2) is 31.4 Å². The number of nitrogens with zero attached hydrogens (tertiary/aromatic N) is 1. The van der Waals surface area contributed by atoms with Gasteiger partial charge in [0.05, 0.1) is 41.5 Å². The summed E-state index contributed by atoms with van der Waals surface area (Å²) in [6.07, 6.45) is 1.18. The number of hydrogen-bond donors (Lipinski definition) is 1. The van der Waals surface area contributed by atoms with Gasteiger partial charge in [0.2, 0.25) is 5.91 Å². The molecular formula is C24H20N2O6S. The van der Waals surface area contributed by atoms with Crippen LogP contribution >= 0.6 is 0 Å². The summed E-state index contributed by atoms with van der Waals surface area (Å²) >= 11 is 0. The first kappa shape index (κ1) is 22.1. The fourth-order valence-electron chi connectivity index (χ4n) is 3.62. The summed E-state index contributed by atoms with van der Waals surface area (Å²) in [4.78, 5) is 25.3. The lowest BCUT2D eigenvalue weighted by molar-refractivity contribution is -0.133. The molecule has 9 heteroatoms. The standard InChI is InChI=1S/C24H20N2O6S/c1-16(24(28)31-2)23-19(15-21(27)25-22-13-8-14-32-22)18-11-6-7-12-20(18)26(23)33(29,30)17-9-4-3-5-10-17/h3-14H,1,15H2,2H3,(H,25,27). The van der Waals surface area contributed by atoms with Crippen molar-refractivity contribution in [2.24, 2.45) is 0 Å². The number of carbonyl (C=O) groups is 2. The molecule has 0 aliphatic carbocycles. The molecule has 2 aromatic carbocycles. The molecule has 4 rings (SSSR count). The van der Waals surface area contributed by atoms with E-state index in [0.29, 0.717) is 16.5 Å². The van der Waals surface area contributed by atoms with Crippen molar-refractivity contribution in [1.29, 1.82) is 0 Å². The number of para-hydroxylation sites is 1. The minimum atomic E-state index is -4.15. The molecule has 0 unspecified atom stereocenters. The van der Waals surface area contributed by atoms with Gasteiger partial charge in [-0.2, -0.15) is 0 Å². The SMILES string of the molecule is C=C(C(=O)OC)c1c(CC(=O)Nc2ccco2)c2ccccc2n1S(=O)(=O)c1ccccc1. The Morgan fingerprint density at radius 2 is 1.73 bits per heavy atom. The number of methoxy groups -OCH3 is 1. The Bertz CT molecular complexity index is 1450. The van der Waals surface area contributed by atoms with Crippen molar-refractivity contribution in [3.05, 3.63) is 90.8 Å². The van der Waals surface area contributed by atoms with Crippen molar-refractivity contribution in [2.45, 2.75) is 11.3 Å². The van der Waals surface area contributed by atoms with Crippen LogP contribution in [0.5, 0.6) is 0 Å². The molecular weight excluding hydrogens is 444 g/mol. The van der Waals surface area contributed by atoms with E-state index in [1.807, 2.05) is 0 Å². The van der Waals surface area contributed by atoms with E-state index in [1.165, 1.54) is 25.5 Å². The minimum absolute atomic E-state index is 0.0125. The van der Waals surface area contributed by atoms with E-state index in [1.54, 1.807) is 54.6 Å². The fourth-order valence-corrected chi connectivity index (χ4v) is 5.21. The first-order valence-corrected chi connectivity index (χ1v) is 11.3. The van der Waals surface area contributed by atoms with Gasteiger partial charge in [0.15, 0.2) is 5.88 Å². The predicted molar refractivity (Wildman–Crippen MR) is 123 cm³/mol. The van der Waals surface area contributed by atoms with Crippen LogP contribution in [0.1, 0.15) is 11.3 Å². The van der Waals surface area contributed by atoms with E-state index in [2.05, 4.69) is 11.9 Å². The molecule has 0 fully saturated rings. The smallest absolute Gasteiger partial charge is 0.339 e. The summed E-state index contributed by atoms with van der Waals surface area (Å²) in [5.74, 6) is -1.02. The third-order valence-corrected chi connectivity index (χ3v) is 6.78. The number of benzene rings is 2. The zero-order valence-electron chi connectivity index (χ0n) is 17.6. The van der Waals surface area contributed by atoms with Gasteiger partial charge in [0.1, 0.15) is 0 Å². The molecule has 1 N–H and O–H groups in total. The number of nitrogens with one attached hydrogen (secondary N) is 1. The van der Waals surface area contributed by atoms with Crippen molar-refractivity contribution in [3.63, 3.8) is 0 Å². The average molecular weight is 464 g/mol. The zero-order valence-corrected chi connectivity index (χ0v) is 18.5. The molecule has 168 valence electrons. The highest BCUT2D eigenvalue weighted by Gasteiger charge is 2.31. The van der Waals surface area contributed by atoms with Gasteiger partial charge in [-0.3, -0.25) is 10.1 Å². The first-order valence-electron chi connectivity index (χ1n) is 9.88. The average Bonchev–Trinajstić information content (AvgIpc) is 3.45. The van der Waals surface area contributed by atoms with Crippen LogP contribution in [-0.2, 0) is 30.8 Å². The molecule has 0 radical (unpaired) electrons. The van der Waals surface area contributed by atoms with E-state index in [0.717, 1.165) is 3.97 Å². The lowest BCUT2D eigenvalue weighted by Crippen LogP contribution is -2.20. The van der Waals surface area contributed by atoms with Crippen molar-refractivity contribution in [2.75, 3.05) is 12.4 Å². The van der Waals surface area contributed by atoms with E-state index in [4.69, 9.17) is 9.15 Å². The van der Waals surface area contributed by atoms with Gasteiger partial charge in [-0.15, -0.1) is 0 Å². The highest BCUT2D eigenvalue weighted by Crippen LogP contribution is 2.35. The number of aromatic nitrogens is 1. The van der Waals surface area contributed by atoms with Crippen molar-refractivity contribution < 1.29 is 27.2 Å². The first-order chi connectivity index (χ1) is 15.8. The second-order valence-corrected chi connectivity index (χ2v) is 8.89. The van der Waals surface area contributed by atoms with E-state index < -0.39 is 21.9 Å². The monoisotopic (exact) mass is 464 g/mol. The fraction of sp³-hybridized carbons (Fsp3) is 0.0833. The largest absolute Gasteiger partial charge is 0.465 e. The molecule has 33 heavy (non-hydrogen) atoms. The van der Waals surface area contributed by atoms with Gasteiger partial charge < -0.3 is 9.15 Å². The van der Waals surface area contributed by atoms with Crippen LogP contribution in [0.3, 0.4) is 0 Å². The van der Waals surface area contributed by atoms with Crippen LogP contribution in [0.15, 0.2) is 88.9 Å². The van der Waals surface area contributed by atoms with Crippen molar-refractivity contribution in [3.8, 4) is 0 Å². The lowest BCUT2D eigenvalue weighted by Gasteiger charge is -2.14. The predicted octanol–water partition coefficient (Wildman–Crippen LogP) is 3.84. The second-order valence-electron chi connectivity index (χ2n) is 7.10. The molecule has 2 heterocycles. The number of amides is 1. The van der Waals surface area contributed by atoms with Crippen LogP contribution in [0.25, 0.3) is 16.5 Å². The van der Waals surface area contributed by atoms with Crippen LogP contribution in [0.4, 0.5) is 5.88 Å². The summed E-state index contributed by atoms with van der Waals surface area (Å²) in [6.45, 7) is 3.79. The number of anilines is 1. The number of rotatable bonds is 7. The Balaban J connectivity index is 1.96. The Hall–Kier alpha value is -4.11. The molecule has 1 amide bonds. The number of furan rings is 1. The molecule has 0 aliphatic heterocycles. The van der Waals surface area contributed by atoms with Gasteiger partial charge in [-0.25, -0.2) is 17.2 Å². The number of hydrogen-bond acceptors (Lipinski definition) is 6. The molecule has 2 aromatic heterocycles. The normalized spacial score (nSPS) is 11.3. The molecule has 0 saturated carbocycles. The number of ether oxygens (including phenoxy) is 1. The summed E-state index contributed by atoms with van der Waals surface area (Å²) in [7, 11) is -2.97. The Morgan fingerprint density at radius 1 is 1.03 bits per heavy atom. The summed E-state index contributed by atoms with van der Waals surface area (Å²) < 4.78 is 38.4. The highest BCUT2D eigenvalue weighted by molar-refractivity contribution is 7.90. The van der Waals surface area contributed by atoms with Crippen molar-refractivity contribution >= 4 is 44.3 Å². The van der Waals surface area contributed by atoms with Gasteiger partial charge >= 0.3 is 5.97 Å². The van der Waals surface area contributed by atoms with Gasteiger partial charge in [-0.05, 0) is 29.8 Å². The molecule has 4 aromatic rings. The maximum Gasteiger partial charge on any atom is 0.339 e. The summed E-state index contributed by atoms with van der Waals surface area (Å²) in [6, 6.07) is 17.7. The summed E-state index contributed by atoms with van der Waals surface area (Å²) in [5.41, 5.74) is 0.433. The number of esters is 1. The molecule has 0 aliphatic rings. The zero-order chi connectivity index (χ0) is 23.6. The highest BCUT2D eigenvalue weighted by atomic mass is 32.2. The quantitative estimate of drug-likeness (QED) is 0.329. The molecule has 0 spiro atoms. The third-order valence-electron chi connectivity index (χ3n) is 5.06. The Morgan fingerprint density at radius 3 is 2.39 bits per heavy atom. The Labute approximate surface area is 190 Å². The molecule has 0 saturated heterocycles. The van der Waals surface area contributed by atoms with Gasteiger partial charge in [0.25, 0.3) is 10.0 Å². The number of carbonyl (C=O) groups excluding carboxylic acids is 2. The van der Waals surface area contributed by atoms with Crippen LogP contribution < -0.4 is 5.32 Å². The van der Waals surface area contributed by atoms with E-state index >= 15 is 0 Å². The van der Waals surface area contributed by atoms with Crippen LogP contribution in [0, 0.1) is 0 Å². The topological polar surface area (TPSA) is 108 Å². The van der Waals surface area contributed by atoms with Crippen molar-refractivity contribution in [1.82, 2.24) is 3.97 Å². The maximum absolute atomic E-state index is 13.7. The third kappa shape index (κ3) is 4.06.